The Bertz CT molecular complexity index is 801. The van der Waals surface area contributed by atoms with Gasteiger partial charge in [0.15, 0.2) is 0 Å². The van der Waals surface area contributed by atoms with Crippen molar-refractivity contribution in [1.82, 2.24) is 10.4 Å². The highest BCUT2D eigenvalue weighted by Gasteiger charge is 2.26. The van der Waals surface area contributed by atoms with Crippen LogP contribution in [0.5, 0.6) is 5.75 Å². The SMILES string of the molecule is O/N=C/c1ccc(CN2CCCC(CC3CCC(Oc4ccccc4)CC3)CN2)cc1. The van der Waals surface area contributed by atoms with E-state index in [0.29, 0.717) is 6.10 Å². The molecule has 166 valence electrons. The molecule has 1 aliphatic heterocycles. The van der Waals surface area contributed by atoms with E-state index >= 15 is 0 Å². The monoisotopic (exact) mass is 421 g/mol. The third-order valence-corrected chi connectivity index (χ3v) is 6.71. The fourth-order valence-electron chi connectivity index (χ4n) is 4.99. The summed E-state index contributed by atoms with van der Waals surface area (Å²) >= 11 is 0. The van der Waals surface area contributed by atoms with Gasteiger partial charge in [0.2, 0.25) is 0 Å². The van der Waals surface area contributed by atoms with Gasteiger partial charge in [0.25, 0.3) is 0 Å². The van der Waals surface area contributed by atoms with E-state index in [9.17, 15) is 0 Å². The van der Waals surface area contributed by atoms with Crippen LogP contribution in [0.3, 0.4) is 0 Å². The van der Waals surface area contributed by atoms with Crippen molar-refractivity contribution in [3.8, 4) is 5.75 Å². The minimum absolute atomic E-state index is 0.386. The molecule has 5 nitrogen and oxygen atoms in total. The van der Waals surface area contributed by atoms with Gasteiger partial charge in [-0.2, -0.15) is 0 Å². The molecule has 1 atom stereocenters. The van der Waals surface area contributed by atoms with E-state index in [4.69, 9.17) is 9.94 Å². The van der Waals surface area contributed by atoms with Crippen LogP contribution in [0.1, 0.15) is 56.1 Å². The number of rotatable bonds is 7. The van der Waals surface area contributed by atoms with Crippen molar-refractivity contribution in [2.24, 2.45) is 17.0 Å². The second-order valence-electron chi connectivity index (χ2n) is 9.09. The Balaban J connectivity index is 1.18. The highest BCUT2D eigenvalue weighted by Crippen LogP contribution is 2.33. The lowest BCUT2D eigenvalue weighted by atomic mass is 9.80. The summed E-state index contributed by atoms with van der Waals surface area (Å²) < 4.78 is 6.17. The van der Waals surface area contributed by atoms with Gasteiger partial charge < -0.3 is 9.94 Å². The first-order valence-electron chi connectivity index (χ1n) is 11.7. The molecule has 0 amide bonds. The van der Waals surface area contributed by atoms with Crippen LogP contribution < -0.4 is 10.2 Å². The summed E-state index contributed by atoms with van der Waals surface area (Å²) in [6, 6.07) is 18.5. The van der Waals surface area contributed by atoms with Crippen molar-refractivity contribution >= 4 is 6.21 Å². The predicted octanol–water partition coefficient (Wildman–Crippen LogP) is 5.24. The second kappa shape index (κ2) is 11.3. The molecule has 5 heteroatoms. The summed E-state index contributed by atoms with van der Waals surface area (Å²) in [4.78, 5) is 0. The molecule has 1 aliphatic carbocycles. The number of para-hydroxylation sites is 1. The zero-order chi connectivity index (χ0) is 21.3. The lowest BCUT2D eigenvalue weighted by Gasteiger charge is -2.31. The van der Waals surface area contributed by atoms with Crippen LogP contribution in [0.25, 0.3) is 0 Å². The topological polar surface area (TPSA) is 57.1 Å². The van der Waals surface area contributed by atoms with E-state index in [0.717, 1.165) is 42.8 Å². The molecule has 4 rings (SSSR count). The molecule has 2 aliphatic rings. The Kier molecular flexibility index (Phi) is 7.97. The number of hydrogen-bond donors (Lipinski definition) is 2. The number of hydrazine groups is 1. The van der Waals surface area contributed by atoms with Gasteiger partial charge in [-0.3, -0.25) is 5.43 Å². The minimum Gasteiger partial charge on any atom is -0.490 e. The first-order chi connectivity index (χ1) is 15.3. The standard InChI is InChI=1S/C26H35N3O2/c30-28-19-22-8-10-23(11-9-22)20-29-16-4-5-24(18-27-29)17-21-12-14-26(15-13-21)31-25-6-2-1-3-7-25/h1-3,6-11,19,21,24,26-27,30H,4-5,12-18,20H2/b28-19+. The Morgan fingerprint density at radius 3 is 2.48 bits per heavy atom. The molecule has 0 bridgehead atoms. The van der Waals surface area contributed by atoms with E-state index in [1.54, 1.807) is 0 Å². The Labute approximate surface area is 186 Å². The van der Waals surface area contributed by atoms with Crippen LogP contribution >= 0.6 is 0 Å². The summed E-state index contributed by atoms with van der Waals surface area (Å²) in [5.41, 5.74) is 5.88. The molecule has 31 heavy (non-hydrogen) atoms. The van der Waals surface area contributed by atoms with Gasteiger partial charge in [-0.1, -0.05) is 47.6 Å². The van der Waals surface area contributed by atoms with Gasteiger partial charge >= 0.3 is 0 Å². The Morgan fingerprint density at radius 1 is 0.968 bits per heavy atom. The first-order valence-corrected chi connectivity index (χ1v) is 11.7. The maximum atomic E-state index is 8.64. The molecule has 2 fully saturated rings. The zero-order valence-electron chi connectivity index (χ0n) is 18.3. The average Bonchev–Trinajstić information content (AvgIpc) is 3.02. The van der Waals surface area contributed by atoms with E-state index in [1.165, 1.54) is 56.7 Å². The van der Waals surface area contributed by atoms with E-state index in [-0.39, 0.29) is 0 Å². The van der Waals surface area contributed by atoms with Crippen LogP contribution in [0.15, 0.2) is 59.8 Å². The van der Waals surface area contributed by atoms with Crippen molar-refractivity contribution in [3.63, 3.8) is 0 Å². The Morgan fingerprint density at radius 2 is 1.74 bits per heavy atom. The minimum atomic E-state index is 0.386. The van der Waals surface area contributed by atoms with Crippen molar-refractivity contribution in [3.05, 3.63) is 65.7 Å². The van der Waals surface area contributed by atoms with E-state index < -0.39 is 0 Å². The van der Waals surface area contributed by atoms with Crippen LogP contribution in [0.2, 0.25) is 0 Å². The average molecular weight is 422 g/mol. The van der Waals surface area contributed by atoms with Crippen LogP contribution in [-0.2, 0) is 6.54 Å². The number of benzene rings is 2. The van der Waals surface area contributed by atoms with Crippen molar-refractivity contribution < 1.29 is 9.94 Å². The fourth-order valence-corrected chi connectivity index (χ4v) is 4.99. The third-order valence-electron chi connectivity index (χ3n) is 6.71. The van der Waals surface area contributed by atoms with Crippen LogP contribution in [0, 0.1) is 11.8 Å². The number of oxime groups is 1. The summed E-state index contributed by atoms with van der Waals surface area (Å²) in [6.07, 6.45) is 10.7. The number of nitrogens with zero attached hydrogens (tertiary/aromatic N) is 2. The number of hydrogen-bond acceptors (Lipinski definition) is 5. The molecule has 2 aromatic rings. The molecule has 1 heterocycles. The summed E-state index contributed by atoms with van der Waals surface area (Å²) in [5, 5.41) is 14.1. The van der Waals surface area contributed by atoms with Gasteiger partial charge in [0.1, 0.15) is 5.75 Å². The molecule has 2 aromatic carbocycles. The Hall–Kier alpha value is -2.37. The number of nitrogens with one attached hydrogen (secondary N) is 1. The summed E-state index contributed by atoms with van der Waals surface area (Å²) in [7, 11) is 0. The zero-order valence-corrected chi connectivity index (χ0v) is 18.3. The molecule has 0 spiro atoms. The fraction of sp³-hybridized carbons (Fsp3) is 0.500. The maximum Gasteiger partial charge on any atom is 0.119 e. The van der Waals surface area contributed by atoms with Crippen molar-refractivity contribution in [2.75, 3.05) is 13.1 Å². The molecule has 1 unspecified atom stereocenters. The molecule has 0 radical (unpaired) electrons. The highest BCUT2D eigenvalue weighted by molar-refractivity contribution is 5.78. The summed E-state index contributed by atoms with van der Waals surface area (Å²) in [5.74, 6) is 2.62. The molecular formula is C26H35N3O2. The normalized spacial score (nSPS) is 25.4. The van der Waals surface area contributed by atoms with Crippen LogP contribution in [0.4, 0.5) is 0 Å². The highest BCUT2D eigenvalue weighted by atomic mass is 16.5. The van der Waals surface area contributed by atoms with Crippen LogP contribution in [-0.4, -0.2) is 35.6 Å². The van der Waals surface area contributed by atoms with Gasteiger partial charge in [0, 0.05) is 19.6 Å². The predicted molar refractivity (Wildman–Crippen MR) is 124 cm³/mol. The number of ether oxygens (including phenoxy) is 1. The van der Waals surface area contributed by atoms with Gasteiger partial charge in [-0.05, 0) is 80.0 Å². The smallest absolute Gasteiger partial charge is 0.119 e. The van der Waals surface area contributed by atoms with E-state index in [1.807, 2.05) is 30.3 Å². The lowest BCUT2D eigenvalue weighted by Crippen LogP contribution is -2.38. The molecule has 1 saturated heterocycles. The van der Waals surface area contributed by atoms with Gasteiger partial charge in [-0.25, -0.2) is 5.01 Å². The lowest BCUT2D eigenvalue weighted by molar-refractivity contribution is 0.120. The molecule has 0 aromatic heterocycles. The first kappa shape index (κ1) is 21.8. The molecule has 1 saturated carbocycles. The second-order valence-corrected chi connectivity index (χ2v) is 9.09. The molecular weight excluding hydrogens is 386 g/mol. The maximum absolute atomic E-state index is 8.64. The van der Waals surface area contributed by atoms with Gasteiger partial charge in [0.05, 0.1) is 12.3 Å². The summed E-state index contributed by atoms with van der Waals surface area (Å²) in [6.45, 7) is 3.08. The van der Waals surface area contributed by atoms with E-state index in [2.05, 4.69) is 39.9 Å². The third kappa shape index (κ3) is 6.81. The quantitative estimate of drug-likeness (QED) is 0.365. The van der Waals surface area contributed by atoms with Crippen molar-refractivity contribution in [1.29, 1.82) is 0 Å². The molecule has 2 N–H and O–H groups in total. The van der Waals surface area contributed by atoms with Gasteiger partial charge in [-0.15, -0.1) is 0 Å². The largest absolute Gasteiger partial charge is 0.490 e. The van der Waals surface area contributed by atoms with Crippen molar-refractivity contribution in [2.45, 2.75) is 57.6 Å².